The standard InChI is InChI=1S/C18H16FNO4/c1-18(2)17(23)20(10-11-4-3-5-13(19)8-11)14-9-12(16(21)22)6-7-15(14)24-18/h3-9H,10H2,1-2H3,(H,21,22). The van der Waals surface area contributed by atoms with Crippen molar-refractivity contribution in [2.24, 2.45) is 0 Å². The fourth-order valence-corrected chi connectivity index (χ4v) is 2.68. The second-order valence-corrected chi connectivity index (χ2v) is 6.12. The van der Waals surface area contributed by atoms with E-state index in [1.807, 2.05) is 0 Å². The van der Waals surface area contributed by atoms with E-state index in [-0.39, 0.29) is 18.0 Å². The molecule has 124 valence electrons. The van der Waals surface area contributed by atoms with Crippen LogP contribution in [-0.2, 0) is 11.3 Å². The molecule has 0 saturated carbocycles. The topological polar surface area (TPSA) is 66.8 Å². The van der Waals surface area contributed by atoms with Crippen molar-refractivity contribution in [3.05, 3.63) is 59.4 Å². The molecule has 1 amide bonds. The van der Waals surface area contributed by atoms with E-state index in [4.69, 9.17) is 4.74 Å². The molecule has 1 heterocycles. The van der Waals surface area contributed by atoms with E-state index in [0.717, 1.165) is 0 Å². The van der Waals surface area contributed by atoms with Crippen molar-refractivity contribution in [3.8, 4) is 5.75 Å². The molecule has 0 radical (unpaired) electrons. The first-order chi connectivity index (χ1) is 11.3. The van der Waals surface area contributed by atoms with Crippen molar-refractivity contribution in [1.82, 2.24) is 0 Å². The summed E-state index contributed by atoms with van der Waals surface area (Å²) in [7, 11) is 0. The van der Waals surface area contributed by atoms with Gasteiger partial charge in [-0.3, -0.25) is 4.79 Å². The van der Waals surface area contributed by atoms with Crippen LogP contribution in [0.3, 0.4) is 0 Å². The largest absolute Gasteiger partial charge is 0.478 e. The minimum atomic E-state index is -1.10. The maximum Gasteiger partial charge on any atom is 0.335 e. The number of carboxylic acids is 1. The van der Waals surface area contributed by atoms with Gasteiger partial charge in [-0.2, -0.15) is 0 Å². The summed E-state index contributed by atoms with van der Waals surface area (Å²) in [5.74, 6) is -1.39. The summed E-state index contributed by atoms with van der Waals surface area (Å²) in [6.07, 6.45) is 0. The van der Waals surface area contributed by atoms with E-state index >= 15 is 0 Å². The zero-order valence-corrected chi connectivity index (χ0v) is 13.2. The fourth-order valence-electron chi connectivity index (χ4n) is 2.68. The zero-order chi connectivity index (χ0) is 17.5. The monoisotopic (exact) mass is 329 g/mol. The van der Waals surface area contributed by atoms with E-state index in [2.05, 4.69) is 0 Å². The molecular formula is C18H16FNO4. The van der Waals surface area contributed by atoms with Gasteiger partial charge in [0.25, 0.3) is 5.91 Å². The van der Waals surface area contributed by atoms with Crippen LogP contribution >= 0.6 is 0 Å². The highest BCUT2D eigenvalue weighted by molar-refractivity contribution is 6.03. The molecule has 0 aromatic heterocycles. The van der Waals surface area contributed by atoms with Gasteiger partial charge in [0.15, 0.2) is 5.60 Å². The molecule has 0 bridgehead atoms. The lowest BCUT2D eigenvalue weighted by atomic mass is 10.0. The molecule has 0 aliphatic carbocycles. The number of hydrogen-bond acceptors (Lipinski definition) is 3. The maximum atomic E-state index is 13.4. The van der Waals surface area contributed by atoms with Gasteiger partial charge in [0.2, 0.25) is 0 Å². The Bertz CT molecular complexity index is 832. The molecule has 3 rings (SSSR count). The van der Waals surface area contributed by atoms with Crippen LogP contribution in [0.15, 0.2) is 42.5 Å². The molecule has 0 atom stereocenters. The third kappa shape index (κ3) is 2.82. The van der Waals surface area contributed by atoms with Gasteiger partial charge in [-0.05, 0) is 49.7 Å². The number of anilines is 1. The smallest absolute Gasteiger partial charge is 0.335 e. The predicted octanol–water partition coefficient (Wildman–Crippen LogP) is 3.23. The van der Waals surface area contributed by atoms with Crippen LogP contribution < -0.4 is 9.64 Å². The summed E-state index contributed by atoms with van der Waals surface area (Å²) in [5, 5.41) is 9.17. The Morgan fingerprint density at radius 1 is 1.25 bits per heavy atom. The highest BCUT2D eigenvalue weighted by atomic mass is 19.1. The number of carbonyl (C=O) groups excluding carboxylic acids is 1. The Balaban J connectivity index is 2.07. The second-order valence-electron chi connectivity index (χ2n) is 6.12. The Kier molecular flexibility index (Phi) is 3.75. The number of halogens is 1. The molecule has 1 N–H and O–H groups in total. The number of aromatic carboxylic acids is 1. The molecule has 0 spiro atoms. The zero-order valence-electron chi connectivity index (χ0n) is 13.2. The molecule has 1 aliphatic heterocycles. The molecule has 2 aromatic rings. The van der Waals surface area contributed by atoms with Crippen LogP contribution in [0.25, 0.3) is 0 Å². The van der Waals surface area contributed by atoms with Gasteiger partial charge in [-0.15, -0.1) is 0 Å². The fraction of sp³-hybridized carbons (Fsp3) is 0.222. The van der Waals surface area contributed by atoms with Crippen LogP contribution in [-0.4, -0.2) is 22.6 Å². The molecule has 1 aliphatic rings. The van der Waals surface area contributed by atoms with Gasteiger partial charge in [0.1, 0.15) is 11.6 Å². The number of carboxylic acid groups (broad SMARTS) is 1. The number of ether oxygens (including phenoxy) is 1. The van der Waals surface area contributed by atoms with E-state index < -0.39 is 17.4 Å². The molecule has 2 aromatic carbocycles. The molecule has 0 saturated heterocycles. The van der Waals surface area contributed by atoms with Gasteiger partial charge < -0.3 is 14.7 Å². The second kappa shape index (κ2) is 5.63. The highest BCUT2D eigenvalue weighted by Crippen LogP contribution is 2.39. The molecule has 0 unspecified atom stereocenters. The summed E-state index contributed by atoms with van der Waals surface area (Å²) < 4.78 is 19.1. The third-order valence-corrected chi connectivity index (χ3v) is 3.85. The first-order valence-corrected chi connectivity index (χ1v) is 7.41. The lowest BCUT2D eigenvalue weighted by molar-refractivity contribution is -0.132. The Hall–Kier alpha value is -2.89. The Morgan fingerprint density at radius 3 is 2.67 bits per heavy atom. The van der Waals surface area contributed by atoms with Gasteiger partial charge in [0.05, 0.1) is 17.8 Å². The minimum Gasteiger partial charge on any atom is -0.478 e. The first kappa shape index (κ1) is 16.0. The maximum absolute atomic E-state index is 13.4. The average molecular weight is 329 g/mol. The van der Waals surface area contributed by atoms with Crippen molar-refractivity contribution in [1.29, 1.82) is 0 Å². The first-order valence-electron chi connectivity index (χ1n) is 7.41. The average Bonchev–Trinajstić information content (AvgIpc) is 2.51. The van der Waals surface area contributed by atoms with E-state index in [9.17, 15) is 19.1 Å². The van der Waals surface area contributed by atoms with Crippen LogP contribution in [0.4, 0.5) is 10.1 Å². The van der Waals surface area contributed by atoms with Crippen LogP contribution in [0, 0.1) is 5.82 Å². The minimum absolute atomic E-state index is 0.0501. The summed E-state index contributed by atoms with van der Waals surface area (Å²) in [4.78, 5) is 25.4. The van der Waals surface area contributed by atoms with Crippen LogP contribution in [0.2, 0.25) is 0 Å². The molecule has 0 fully saturated rings. The van der Waals surface area contributed by atoms with Gasteiger partial charge in [-0.25, -0.2) is 9.18 Å². The number of amides is 1. The molecular weight excluding hydrogens is 313 g/mol. The Morgan fingerprint density at radius 2 is 2.00 bits per heavy atom. The SMILES string of the molecule is CC1(C)Oc2ccc(C(=O)O)cc2N(Cc2cccc(F)c2)C1=O. The van der Waals surface area contributed by atoms with Crippen molar-refractivity contribution >= 4 is 17.6 Å². The van der Waals surface area contributed by atoms with Gasteiger partial charge in [-0.1, -0.05) is 12.1 Å². The van der Waals surface area contributed by atoms with Crippen LogP contribution in [0.1, 0.15) is 29.8 Å². The number of rotatable bonds is 3. The quantitative estimate of drug-likeness (QED) is 0.939. The van der Waals surface area contributed by atoms with E-state index in [1.165, 1.54) is 35.2 Å². The summed E-state index contributed by atoms with van der Waals surface area (Å²) in [6.45, 7) is 3.41. The number of hydrogen-bond donors (Lipinski definition) is 1. The number of nitrogens with zero attached hydrogens (tertiary/aromatic N) is 1. The number of benzene rings is 2. The molecule has 5 nitrogen and oxygen atoms in total. The number of fused-ring (bicyclic) bond motifs is 1. The molecule has 24 heavy (non-hydrogen) atoms. The van der Waals surface area contributed by atoms with Crippen LogP contribution in [0.5, 0.6) is 5.75 Å². The van der Waals surface area contributed by atoms with Crippen molar-refractivity contribution in [2.75, 3.05) is 4.90 Å². The summed E-state index contributed by atoms with van der Waals surface area (Å²) in [5.41, 5.74) is -0.0734. The van der Waals surface area contributed by atoms with Gasteiger partial charge in [0, 0.05) is 0 Å². The third-order valence-electron chi connectivity index (χ3n) is 3.85. The van der Waals surface area contributed by atoms with E-state index in [0.29, 0.717) is 17.0 Å². The van der Waals surface area contributed by atoms with Crippen molar-refractivity contribution in [3.63, 3.8) is 0 Å². The lowest BCUT2D eigenvalue weighted by Gasteiger charge is -2.39. The van der Waals surface area contributed by atoms with E-state index in [1.54, 1.807) is 26.0 Å². The normalized spacial score (nSPS) is 15.6. The predicted molar refractivity (Wildman–Crippen MR) is 85.7 cm³/mol. The van der Waals surface area contributed by atoms with Crippen molar-refractivity contribution in [2.45, 2.75) is 26.0 Å². The highest BCUT2D eigenvalue weighted by Gasteiger charge is 2.41. The number of carbonyl (C=O) groups is 2. The van der Waals surface area contributed by atoms with Gasteiger partial charge >= 0.3 is 5.97 Å². The summed E-state index contributed by atoms with van der Waals surface area (Å²) in [6, 6.07) is 10.3. The molecule has 6 heteroatoms. The summed E-state index contributed by atoms with van der Waals surface area (Å²) >= 11 is 0. The Labute approximate surface area is 138 Å². The lowest BCUT2D eigenvalue weighted by Crippen LogP contribution is -2.52. The van der Waals surface area contributed by atoms with Crippen molar-refractivity contribution < 1.29 is 23.8 Å².